The third kappa shape index (κ3) is 1.78. The number of rotatable bonds is 1. The number of aliphatic hydroxyl groups is 1. The largest absolute Gasteiger partial charge is 0.507 e. The molecular formula is C12H10O2S. The van der Waals surface area contributed by atoms with Crippen LogP contribution in [-0.2, 0) is 0 Å². The number of hydrogen-bond acceptors (Lipinski definition) is 3. The summed E-state index contributed by atoms with van der Waals surface area (Å²) in [6.07, 6.45) is 4.04. The second kappa shape index (κ2) is 3.87. The zero-order valence-corrected chi connectivity index (χ0v) is 8.79. The minimum absolute atomic E-state index is 0.118. The van der Waals surface area contributed by atoms with Crippen LogP contribution >= 0.6 is 12.2 Å². The topological polar surface area (TPSA) is 40.5 Å². The summed E-state index contributed by atoms with van der Waals surface area (Å²) < 4.78 is 0. The Morgan fingerprint density at radius 1 is 1.13 bits per heavy atom. The van der Waals surface area contributed by atoms with E-state index in [0.29, 0.717) is 22.4 Å². The van der Waals surface area contributed by atoms with E-state index in [1.54, 1.807) is 36.4 Å². The van der Waals surface area contributed by atoms with Crippen molar-refractivity contribution in [3.05, 3.63) is 47.7 Å². The van der Waals surface area contributed by atoms with Crippen molar-refractivity contribution in [1.29, 1.82) is 0 Å². The Hall–Kier alpha value is -1.61. The monoisotopic (exact) mass is 218 g/mol. The van der Waals surface area contributed by atoms with E-state index in [0.717, 1.165) is 0 Å². The van der Waals surface area contributed by atoms with Crippen LogP contribution in [0.4, 0.5) is 0 Å². The van der Waals surface area contributed by atoms with Crippen molar-refractivity contribution in [2.24, 2.45) is 0 Å². The fourth-order valence-electron chi connectivity index (χ4n) is 1.58. The minimum Gasteiger partial charge on any atom is -0.507 e. The summed E-state index contributed by atoms with van der Waals surface area (Å²) in [5.74, 6) is 0.254. The van der Waals surface area contributed by atoms with Gasteiger partial charge in [0.25, 0.3) is 0 Å². The average Bonchev–Trinajstić information content (AvgIpc) is 2.20. The zero-order valence-electron chi connectivity index (χ0n) is 7.97. The van der Waals surface area contributed by atoms with Gasteiger partial charge >= 0.3 is 0 Å². The van der Waals surface area contributed by atoms with Gasteiger partial charge in [0.2, 0.25) is 0 Å². The lowest BCUT2D eigenvalue weighted by Gasteiger charge is -2.14. The molecule has 0 amide bonds. The average molecular weight is 218 g/mol. The summed E-state index contributed by atoms with van der Waals surface area (Å²) in [6.45, 7) is 0. The molecular weight excluding hydrogens is 208 g/mol. The Labute approximate surface area is 93.2 Å². The molecule has 76 valence electrons. The van der Waals surface area contributed by atoms with E-state index in [2.05, 4.69) is 0 Å². The molecule has 0 unspecified atom stereocenters. The number of benzene rings is 1. The van der Waals surface area contributed by atoms with Crippen molar-refractivity contribution >= 4 is 22.7 Å². The molecule has 0 aromatic heterocycles. The minimum atomic E-state index is 0.118. The van der Waals surface area contributed by atoms with Crippen LogP contribution in [0.3, 0.4) is 0 Å². The SMILES string of the molecule is OC1=C(c2ccccc2O)C(=S)CC=C1. The lowest BCUT2D eigenvalue weighted by molar-refractivity contribution is 0.434. The second-order valence-electron chi connectivity index (χ2n) is 3.31. The summed E-state index contributed by atoms with van der Waals surface area (Å²) >= 11 is 5.17. The first-order chi connectivity index (χ1) is 7.20. The molecule has 0 aliphatic heterocycles. The Kier molecular flexibility index (Phi) is 2.56. The van der Waals surface area contributed by atoms with Gasteiger partial charge in [0, 0.05) is 22.4 Å². The molecule has 2 nitrogen and oxygen atoms in total. The van der Waals surface area contributed by atoms with E-state index in [9.17, 15) is 10.2 Å². The molecule has 0 bridgehead atoms. The molecule has 1 aromatic carbocycles. The molecule has 1 aliphatic rings. The third-order valence-corrected chi connectivity index (χ3v) is 2.66. The van der Waals surface area contributed by atoms with E-state index in [-0.39, 0.29) is 11.5 Å². The smallest absolute Gasteiger partial charge is 0.124 e. The van der Waals surface area contributed by atoms with Crippen LogP contribution in [0, 0.1) is 0 Å². The Bertz CT molecular complexity index is 472. The number of aromatic hydroxyl groups is 1. The maximum Gasteiger partial charge on any atom is 0.124 e. The highest BCUT2D eigenvalue weighted by Crippen LogP contribution is 2.31. The summed E-state index contributed by atoms with van der Waals surface area (Å²) in [7, 11) is 0. The van der Waals surface area contributed by atoms with Gasteiger partial charge in [-0.05, 0) is 12.1 Å². The van der Waals surface area contributed by atoms with Crippen LogP contribution in [0.2, 0.25) is 0 Å². The number of phenolic OH excluding ortho intramolecular Hbond substituents is 1. The van der Waals surface area contributed by atoms with E-state index < -0.39 is 0 Å². The van der Waals surface area contributed by atoms with Crippen molar-refractivity contribution in [2.75, 3.05) is 0 Å². The maximum absolute atomic E-state index is 9.71. The number of aliphatic hydroxyl groups excluding tert-OH is 1. The van der Waals surface area contributed by atoms with E-state index >= 15 is 0 Å². The predicted molar refractivity (Wildman–Crippen MR) is 64.0 cm³/mol. The lowest BCUT2D eigenvalue weighted by Crippen LogP contribution is -2.05. The first-order valence-electron chi connectivity index (χ1n) is 4.61. The molecule has 0 atom stereocenters. The standard InChI is InChI=1S/C12H10O2S/c13-9-5-2-1-4-8(9)12-10(14)6-3-7-11(12)15/h1-6,13-14H,7H2. The van der Waals surface area contributed by atoms with Gasteiger partial charge in [-0.25, -0.2) is 0 Å². The zero-order chi connectivity index (χ0) is 10.8. The molecule has 0 radical (unpaired) electrons. The number of allylic oxidation sites excluding steroid dienone is 3. The van der Waals surface area contributed by atoms with Gasteiger partial charge in [-0.15, -0.1) is 0 Å². The van der Waals surface area contributed by atoms with Crippen LogP contribution < -0.4 is 0 Å². The number of para-hydroxylation sites is 1. The Morgan fingerprint density at radius 3 is 2.53 bits per heavy atom. The highest BCUT2D eigenvalue weighted by atomic mass is 32.1. The van der Waals surface area contributed by atoms with E-state index in [1.165, 1.54) is 0 Å². The second-order valence-corrected chi connectivity index (χ2v) is 3.80. The Morgan fingerprint density at radius 2 is 1.87 bits per heavy atom. The van der Waals surface area contributed by atoms with Crippen LogP contribution in [0.15, 0.2) is 42.2 Å². The number of thiocarbonyl (C=S) groups is 1. The Balaban J connectivity index is 2.59. The molecule has 15 heavy (non-hydrogen) atoms. The summed E-state index contributed by atoms with van der Waals surface area (Å²) in [4.78, 5) is 0.650. The molecule has 1 aliphatic carbocycles. The highest BCUT2D eigenvalue weighted by Gasteiger charge is 2.17. The molecule has 2 rings (SSSR count). The number of hydrogen-bond donors (Lipinski definition) is 2. The van der Waals surface area contributed by atoms with Crippen molar-refractivity contribution in [2.45, 2.75) is 6.42 Å². The fourth-order valence-corrected chi connectivity index (χ4v) is 1.89. The fraction of sp³-hybridized carbons (Fsp3) is 0.0833. The molecule has 0 saturated carbocycles. The van der Waals surface area contributed by atoms with Crippen LogP contribution in [-0.4, -0.2) is 15.1 Å². The van der Waals surface area contributed by atoms with Crippen molar-refractivity contribution in [1.82, 2.24) is 0 Å². The van der Waals surface area contributed by atoms with Gasteiger partial charge in [0.1, 0.15) is 11.5 Å². The molecule has 2 N–H and O–H groups in total. The molecule has 1 aromatic rings. The van der Waals surface area contributed by atoms with Crippen molar-refractivity contribution in [3.8, 4) is 5.75 Å². The van der Waals surface area contributed by atoms with Crippen LogP contribution in [0.5, 0.6) is 5.75 Å². The molecule has 3 heteroatoms. The molecule has 0 heterocycles. The molecule has 0 spiro atoms. The molecule has 0 saturated heterocycles. The van der Waals surface area contributed by atoms with Crippen LogP contribution in [0.25, 0.3) is 5.57 Å². The van der Waals surface area contributed by atoms with Gasteiger partial charge in [0.05, 0.1) is 0 Å². The normalized spacial score (nSPS) is 15.9. The van der Waals surface area contributed by atoms with E-state index in [1.807, 2.05) is 0 Å². The first-order valence-corrected chi connectivity index (χ1v) is 5.02. The van der Waals surface area contributed by atoms with Gasteiger partial charge in [-0.2, -0.15) is 0 Å². The van der Waals surface area contributed by atoms with E-state index in [4.69, 9.17) is 12.2 Å². The number of phenols is 1. The van der Waals surface area contributed by atoms with Gasteiger partial charge in [0.15, 0.2) is 0 Å². The summed E-state index contributed by atoms with van der Waals surface area (Å²) in [6, 6.07) is 6.86. The first kappa shape index (κ1) is 9.93. The summed E-state index contributed by atoms with van der Waals surface area (Å²) in [5.41, 5.74) is 1.15. The van der Waals surface area contributed by atoms with Gasteiger partial charge < -0.3 is 10.2 Å². The quantitative estimate of drug-likeness (QED) is 0.712. The van der Waals surface area contributed by atoms with Crippen LogP contribution in [0.1, 0.15) is 12.0 Å². The summed E-state index contributed by atoms with van der Waals surface area (Å²) in [5, 5.41) is 19.4. The third-order valence-electron chi connectivity index (χ3n) is 2.29. The van der Waals surface area contributed by atoms with Crippen molar-refractivity contribution in [3.63, 3.8) is 0 Å². The lowest BCUT2D eigenvalue weighted by atomic mass is 9.95. The predicted octanol–water partition coefficient (Wildman–Crippen LogP) is 2.99. The molecule has 0 fully saturated rings. The van der Waals surface area contributed by atoms with Crippen molar-refractivity contribution < 1.29 is 10.2 Å². The highest BCUT2D eigenvalue weighted by molar-refractivity contribution is 7.81. The van der Waals surface area contributed by atoms with Gasteiger partial charge in [-0.3, -0.25) is 0 Å². The van der Waals surface area contributed by atoms with Gasteiger partial charge in [-0.1, -0.05) is 36.5 Å². The maximum atomic E-state index is 9.71.